The summed E-state index contributed by atoms with van der Waals surface area (Å²) in [4.78, 5) is 18.9. The molecule has 1 aliphatic rings. The summed E-state index contributed by atoms with van der Waals surface area (Å²) in [5.41, 5.74) is 0.869. The van der Waals surface area contributed by atoms with Crippen molar-refractivity contribution in [1.29, 1.82) is 0 Å². The standard InChI is InChI=1S/C19H24FN3O2/c1-25-11-10-23(19(24)16-5-3-6-16)14-18-21-8-9-22(18)13-15-4-2-7-17(20)12-15/h2,4,7-9,12,16H,3,5-6,10-11,13-14H2,1H3. The second-order valence-electron chi connectivity index (χ2n) is 6.48. The molecule has 0 aliphatic heterocycles. The van der Waals surface area contributed by atoms with Gasteiger partial charge in [-0.1, -0.05) is 18.6 Å². The Hall–Kier alpha value is -2.21. The highest BCUT2D eigenvalue weighted by Crippen LogP contribution is 2.28. The Morgan fingerprint density at radius 1 is 1.44 bits per heavy atom. The van der Waals surface area contributed by atoms with E-state index >= 15 is 0 Å². The number of amides is 1. The number of halogens is 1. The minimum Gasteiger partial charge on any atom is -0.383 e. The topological polar surface area (TPSA) is 47.4 Å². The first-order chi connectivity index (χ1) is 12.2. The summed E-state index contributed by atoms with van der Waals surface area (Å²) in [6.07, 6.45) is 6.66. The first-order valence-corrected chi connectivity index (χ1v) is 8.69. The van der Waals surface area contributed by atoms with Crippen LogP contribution in [0.3, 0.4) is 0 Å². The van der Waals surface area contributed by atoms with Crippen LogP contribution in [0.2, 0.25) is 0 Å². The van der Waals surface area contributed by atoms with E-state index in [9.17, 15) is 9.18 Å². The van der Waals surface area contributed by atoms with Crippen LogP contribution in [0.4, 0.5) is 4.39 Å². The van der Waals surface area contributed by atoms with Crippen molar-refractivity contribution >= 4 is 5.91 Å². The Morgan fingerprint density at radius 2 is 2.28 bits per heavy atom. The van der Waals surface area contributed by atoms with Crippen LogP contribution < -0.4 is 0 Å². The fourth-order valence-electron chi connectivity index (χ4n) is 3.02. The highest BCUT2D eigenvalue weighted by molar-refractivity contribution is 5.79. The van der Waals surface area contributed by atoms with E-state index in [1.807, 2.05) is 21.7 Å². The predicted molar refractivity (Wildman–Crippen MR) is 92.4 cm³/mol. The summed E-state index contributed by atoms with van der Waals surface area (Å²) in [5, 5.41) is 0. The zero-order valence-corrected chi connectivity index (χ0v) is 14.5. The molecule has 1 aromatic carbocycles. The van der Waals surface area contributed by atoms with Crippen molar-refractivity contribution in [2.75, 3.05) is 20.3 Å². The van der Waals surface area contributed by atoms with Gasteiger partial charge in [-0.3, -0.25) is 4.79 Å². The number of hydrogen-bond donors (Lipinski definition) is 0. The molecule has 5 nitrogen and oxygen atoms in total. The first kappa shape index (κ1) is 17.6. The van der Waals surface area contributed by atoms with Gasteiger partial charge in [0.15, 0.2) is 0 Å². The molecule has 0 N–H and O–H groups in total. The molecule has 134 valence electrons. The van der Waals surface area contributed by atoms with Crippen LogP contribution >= 0.6 is 0 Å². The maximum Gasteiger partial charge on any atom is 0.226 e. The number of methoxy groups -OCH3 is 1. The summed E-state index contributed by atoms with van der Waals surface area (Å²) >= 11 is 0. The lowest BCUT2D eigenvalue weighted by Crippen LogP contribution is -2.40. The van der Waals surface area contributed by atoms with Gasteiger partial charge in [-0.15, -0.1) is 0 Å². The Kier molecular flexibility index (Phi) is 5.81. The molecular formula is C19H24FN3O2. The molecule has 1 aliphatic carbocycles. The fraction of sp³-hybridized carbons (Fsp3) is 0.474. The molecule has 0 radical (unpaired) electrons. The normalized spacial score (nSPS) is 14.3. The van der Waals surface area contributed by atoms with Crippen molar-refractivity contribution in [1.82, 2.24) is 14.5 Å². The molecule has 0 spiro atoms. The van der Waals surface area contributed by atoms with Gasteiger partial charge in [-0.2, -0.15) is 0 Å². The van der Waals surface area contributed by atoms with E-state index in [1.54, 1.807) is 19.4 Å². The number of carbonyl (C=O) groups excluding carboxylic acids is 1. The highest BCUT2D eigenvalue weighted by Gasteiger charge is 2.29. The molecule has 6 heteroatoms. The molecular weight excluding hydrogens is 321 g/mol. The van der Waals surface area contributed by atoms with E-state index in [0.29, 0.717) is 26.2 Å². The SMILES string of the molecule is COCCN(Cc1nccn1Cc1cccc(F)c1)C(=O)C1CCC1. The van der Waals surface area contributed by atoms with E-state index in [2.05, 4.69) is 4.98 Å². The second kappa shape index (κ2) is 8.25. The molecule has 1 aromatic heterocycles. The summed E-state index contributed by atoms with van der Waals surface area (Å²) < 4.78 is 20.5. The third kappa shape index (κ3) is 4.45. The minimum absolute atomic E-state index is 0.142. The third-order valence-electron chi connectivity index (χ3n) is 4.71. The van der Waals surface area contributed by atoms with Crippen molar-refractivity contribution in [2.24, 2.45) is 5.92 Å². The van der Waals surface area contributed by atoms with Crippen molar-refractivity contribution in [3.8, 4) is 0 Å². The van der Waals surface area contributed by atoms with Crippen LogP contribution in [0, 0.1) is 11.7 Å². The van der Waals surface area contributed by atoms with Gasteiger partial charge < -0.3 is 14.2 Å². The third-order valence-corrected chi connectivity index (χ3v) is 4.71. The van der Waals surface area contributed by atoms with Crippen molar-refractivity contribution in [3.05, 3.63) is 53.9 Å². The lowest BCUT2D eigenvalue weighted by molar-refractivity contribution is -0.139. The number of hydrogen-bond acceptors (Lipinski definition) is 3. The number of rotatable bonds is 8. The minimum atomic E-state index is -0.249. The average molecular weight is 345 g/mol. The van der Waals surface area contributed by atoms with Crippen LogP contribution in [0.5, 0.6) is 0 Å². The molecule has 1 heterocycles. The summed E-state index contributed by atoms with van der Waals surface area (Å²) in [5.74, 6) is 0.876. The summed E-state index contributed by atoms with van der Waals surface area (Å²) in [7, 11) is 1.64. The van der Waals surface area contributed by atoms with Crippen LogP contribution in [0.25, 0.3) is 0 Å². The number of aromatic nitrogens is 2. The number of benzene rings is 1. The molecule has 1 saturated carbocycles. The maximum absolute atomic E-state index is 13.4. The van der Waals surface area contributed by atoms with Gasteiger partial charge in [0.05, 0.1) is 13.2 Å². The molecule has 1 fully saturated rings. The van der Waals surface area contributed by atoms with Crippen LogP contribution in [-0.4, -0.2) is 40.6 Å². The van der Waals surface area contributed by atoms with E-state index in [1.165, 1.54) is 12.1 Å². The molecule has 0 unspecified atom stereocenters. The fourth-order valence-corrected chi connectivity index (χ4v) is 3.02. The van der Waals surface area contributed by atoms with E-state index in [4.69, 9.17) is 4.74 Å². The monoisotopic (exact) mass is 345 g/mol. The maximum atomic E-state index is 13.4. The molecule has 3 rings (SSSR count). The summed E-state index contributed by atoms with van der Waals surface area (Å²) in [6, 6.07) is 6.54. The largest absolute Gasteiger partial charge is 0.383 e. The zero-order chi connectivity index (χ0) is 17.6. The number of nitrogens with zero attached hydrogens (tertiary/aromatic N) is 3. The molecule has 25 heavy (non-hydrogen) atoms. The van der Waals surface area contributed by atoms with Crippen LogP contribution in [0.1, 0.15) is 30.7 Å². The van der Waals surface area contributed by atoms with Crippen molar-refractivity contribution in [2.45, 2.75) is 32.4 Å². The van der Waals surface area contributed by atoms with E-state index in [-0.39, 0.29) is 17.6 Å². The molecule has 0 bridgehead atoms. The molecule has 0 saturated heterocycles. The van der Waals surface area contributed by atoms with Gasteiger partial charge >= 0.3 is 0 Å². The van der Waals surface area contributed by atoms with Gasteiger partial charge in [0, 0.05) is 38.5 Å². The molecule has 1 amide bonds. The number of imidazole rings is 1. The molecule has 0 atom stereocenters. The average Bonchev–Trinajstić information content (AvgIpc) is 2.96. The zero-order valence-electron chi connectivity index (χ0n) is 14.5. The first-order valence-electron chi connectivity index (χ1n) is 8.69. The second-order valence-corrected chi connectivity index (χ2v) is 6.48. The van der Waals surface area contributed by atoms with Crippen molar-refractivity contribution < 1.29 is 13.9 Å². The van der Waals surface area contributed by atoms with Gasteiger partial charge in [-0.25, -0.2) is 9.37 Å². The van der Waals surface area contributed by atoms with Gasteiger partial charge in [0.2, 0.25) is 5.91 Å². The number of ether oxygens (including phenoxy) is 1. The summed E-state index contributed by atoms with van der Waals surface area (Å²) in [6.45, 7) is 2.03. The highest BCUT2D eigenvalue weighted by atomic mass is 19.1. The number of carbonyl (C=O) groups is 1. The van der Waals surface area contributed by atoms with Crippen LogP contribution in [-0.2, 0) is 22.6 Å². The van der Waals surface area contributed by atoms with Gasteiger partial charge in [-0.05, 0) is 30.5 Å². The lowest BCUT2D eigenvalue weighted by Gasteiger charge is -2.31. The Morgan fingerprint density at radius 3 is 2.96 bits per heavy atom. The van der Waals surface area contributed by atoms with E-state index < -0.39 is 0 Å². The Labute approximate surface area is 147 Å². The molecule has 2 aromatic rings. The Balaban J connectivity index is 1.71. The smallest absolute Gasteiger partial charge is 0.226 e. The van der Waals surface area contributed by atoms with Crippen LogP contribution in [0.15, 0.2) is 36.7 Å². The van der Waals surface area contributed by atoms with Gasteiger partial charge in [0.25, 0.3) is 0 Å². The van der Waals surface area contributed by atoms with Gasteiger partial charge in [0.1, 0.15) is 11.6 Å². The van der Waals surface area contributed by atoms with Crippen molar-refractivity contribution in [3.63, 3.8) is 0 Å². The van der Waals surface area contributed by atoms with E-state index in [0.717, 1.165) is 30.7 Å². The lowest BCUT2D eigenvalue weighted by atomic mass is 9.84. The predicted octanol–water partition coefficient (Wildman–Crippen LogP) is 2.85. The quantitative estimate of drug-likeness (QED) is 0.739. The Bertz CT molecular complexity index is 712.